The summed E-state index contributed by atoms with van der Waals surface area (Å²) in [5.74, 6) is 0. The maximum atomic E-state index is 3.77. The molecule has 0 N–H and O–H groups in total. The molecule has 1 heterocycles. The van der Waals surface area contributed by atoms with Crippen molar-refractivity contribution in [2.24, 2.45) is 0 Å². The molecule has 1 aliphatic rings. The van der Waals surface area contributed by atoms with Gasteiger partial charge in [0.05, 0.1) is 6.20 Å². The van der Waals surface area contributed by atoms with Crippen molar-refractivity contribution in [1.82, 2.24) is 4.90 Å². The first kappa shape index (κ1) is 9.07. The van der Waals surface area contributed by atoms with Crippen molar-refractivity contribution < 1.29 is 4.48 Å². The second-order valence-corrected chi connectivity index (χ2v) is 3.36. The highest BCUT2D eigenvalue weighted by Gasteiger charge is 2.27. The molecule has 2 nitrogen and oxygen atoms in total. The van der Waals surface area contributed by atoms with Gasteiger partial charge in [-0.1, -0.05) is 13.2 Å². The Balaban J connectivity index is 2.67. The van der Waals surface area contributed by atoms with Crippen LogP contribution in [0.5, 0.6) is 0 Å². The Morgan fingerprint density at radius 2 is 2.00 bits per heavy atom. The van der Waals surface area contributed by atoms with E-state index in [1.165, 1.54) is 0 Å². The van der Waals surface area contributed by atoms with Crippen LogP contribution in [0.4, 0.5) is 0 Å². The monoisotopic (exact) mass is 165 g/mol. The Morgan fingerprint density at radius 3 is 2.33 bits per heavy atom. The predicted octanol–water partition coefficient (Wildman–Crippen LogP) is 1.55. The second kappa shape index (κ2) is 3.59. The van der Waals surface area contributed by atoms with Gasteiger partial charge < -0.3 is 4.90 Å². The molecule has 0 bridgehead atoms. The summed E-state index contributed by atoms with van der Waals surface area (Å²) in [5.41, 5.74) is 0. The molecule has 0 aromatic rings. The van der Waals surface area contributed by atoms with Gasteiger partial charge in [0.2, 0.25) is 0 Å². The minimum atomic E-state index is 0.934. The molecule has 0 spiro atoms. The van der Waals surface area contributed by atoms with Crippen molar-refractivity contribution in [3.8, 4) is 0 Å². The van der Waals surface area contributed by atoms with E-state index in [9.17, 15) is 0 Å². The Bertz CT molecular complexity index is 196. The van der Waals surface area contributed by atoms with Crippen molar-refractivity contribution in [2.75, 3.05) is 26.8 Å². The fourth-order valence-electron chi connectivity index (χ4n) is 1.62. The summed E-state index contributed by atoms with van der Waals surface area (Å²) >= 11 is 0. The van der Waals surface area contributed by atoms with Gasteiger partial charge in [-0.2, -0.15) is 0 Å². The molecule has 0 aromatic carbocycles. The molecule has 0 amide bonds. The Labute approximate surface area is 74.7 Å². The van der Waals surface area contributed by atoms with Crippen molar-refractivity contribution in [1.29, 1.82) is 0 Å². The van der Waals surface area contributed by atoms with Gasteiger partial charge in [0.1, 0.15) is 19.3 Å². The van der Waals surface area contributed by atoms with Gasteiger partial charge in [-0.15, -0.1) is 0 Å². The lowest BCUT2D eigenvalue weighted by atomic mass is 10.4. The van der Waals surface area contributed by atoms with Crippen molar-refractivity contribution in [2.45, 2.75) is 0 Å². The van der Waals surface area contributed by atoms with E-state index in [-0.39, 0.29) is 0 Å². The van der Waals surface area contributed by atoms with E-state index in [4.69, 9.17) is 0 Å². The molecule has 66 valence electrons. The summed E-state index contributed by atoms with van der Waals surface area (Å²) < 4.78 is 0.934. The number of hydrogen-bond acceptors (Lipinski definition) is 1. The molecule has 0 aliphatic carbocycles. The highest BCUT2D eigenvalue weighted by Crippen LogP contribution is 2.16. The van der Waals surface area contributed by atoms with Crippen LogP contribution in [-0.2, 0) is 0 Å². The van der Waals surface area contributed by atoms with Gasteiger partial charge in [0.25, 0.3) is 0 Å². The molecular weight excluding hydrogens is 148 g/mol. The lowest BCUT2D eigenvalue weighted by Crippen LogP contribution is -2.44. The van der Waals surface area contributed by atoms with Crippen LogP contribution in [0.1, 0.15) is 0 Å². The number of rotatable bonds is 4. The zero-order valence-corrected chi connectivity index (χ0v) is 7.74. The molecule has 0 atom stereocenters. The standard InChI is InChI=1S/C10H17N2/c1-4-7-12(8-5-2)9-6-11(3)10-12/h4-6,9H,1-2,7-8,10H2,3H3/q+1. The minimum Gasteiger partial charge on any atom is -0.329 e. The Hall–Kier alpha value is -1.02. The van der Waals surface area contributed by atoms with E-state index in [0.717, 1.165) is 24.2 Å². The number of nitrogens with zero attached hydrogens (tertiary/aromatic N) is 2. The fourth-order valence-corrected chi connectivity index (χ4v) is 1.62. The van der Waals surface area contributed by atoms with Crippen LogP contribution >= 0.6 is 0 Å². The average molecular weight is 165 g/mol. The summed E-state index contributed by atoms with van der Waals surface area (Å²) in [6.45, 7) is 10.5. The van der Waals surface area contributed by atoms with Crippen LogP contribution in [0, 0.1) is 0 Å². The summed E-state index contributed by atoms with van der Waals surface area (Å²) in [6, 6.07) is 0. The number of quaternary nitrogens is 1. The first-order chi connectivity index (χ1) is 5.72. The third-order valence-corrected chi connectivity index (χ3v) is 2.13. The van der Waals surface area contributed by atoms with Gasteiger partial charge in [-0.25, -0.2) is 0 Å². The smallest absolute Gasteiger partial charge is 0.158 e. The first-order valence-corrected chi connectivity index (χ1v) is 4.19. The van der Waals surface area contributed by atoms with Gasteiger partial charge in [-0.3, -0.25) is 4.48 Å². The second-order valence-electron chi connectivity index (χ2n) is 3.36. The van der Waals surface area contributed by atoms with E-state index < -0.39 is 0 Å². The van der Waals surface area contributed by atoms with Crippen LogP contribution in [0.25, 0.3) is 0 Å². The van der Waals surface area contributed by atoms with Crippen LogP contribution in [-0.4, -0.2) is 36.2 Å². The normalized spacial score (nSPS) is 19.6. The van der Waals surface area contributed by atoms with Gasteiger partial charge in [0.15, 0.2) is 6.67 Å². The molecule has 0 unspecified atom stereocenters. The maximum Gasteiger partial charge on any atom is 0.158 e. The molecular formula is C10H17N2+. The topological polar surface area (TPSA) is 3.24 Å². The predicted molar refractivity (Wildman–Crippen MR) is 52.2 cm³/mol. The molecule has 1 aliphatic heterocycles. The average Bonchev–Trinajstić information content (AvgIpc) is 2.34. The first-order valence-electron chi connectivity index (χ1n) is 4.19. The maximum absolute atomic E-state index is 3.77. The molecule has 0 saturated carbocycles. The molecule has 1 rings (SSSR count). The van der Waals surface area contributed by atoms with E-state index in [2.05, 4.69) is 37.5 Å². The zero-order chi connectivity index (χ0) is 9.03. The number of hydrogen-bond donors (Lipinski definition) is 0. The van der Waals surface area contributed by atoms with Crippen LogP contribution in [0.15, 0.2) is 37.7 Å². The van der Waals surface area contributed by atoms with Gasteiger partial charge >= 0.3 is 0 Å². The lowest BCUT2D eigenvalue weighted by Gasteiger charge is -2.29. The Morgan fingerprint density at radius 1 is 1.42 bits per heavy atom. The minimum absolute atomic E-state index is 0.934. The third kappa shape index (κ3) is 1.77. The molecule has 0 saturated heterocycles. The van der Waals surface area contributed by atoms with Gasteiger partial charge in [0, 0.05) is 7.05 Å². The molecule has 0 radical (unpaired) electrons. The highest BCUT2D eigenvalue weighted by molar-refractivity contribution is 4.85. The lowest BCUT2D eigenvalue weighted by molar-refractivity contribution is -0.869. The summed E-state index contributed by atoms with van der Waals surface area (Å²) in [7, 11) is 2.09. The van der Waals surface area contributed by atoms with Crippen LogP contribution in [0.2, 0.25) is 0 Å². The van der Waals surface area contributed by atoms with Crippen LogP contribution in [0.3, 0.4) is 0 Å². The molecule has 12 heavy (non-hydrogen) atoms. The van der Waals surface area contributed by atoms with Crippen molar-refractivity contribution in [3.63, 3.8) is 0 Å². The van der Waals surface area contributed by atoms with E-state index >= 15 is 0 Å². The summed E-state index contributed by atoms with van der Waals surface area (Å²) in [4.78, 5) is 2.19. The quantitative estimate of drug-likeness (QED) is 0.451. The fraction of sp³-hybridized carbons (Fsp3) is 0.400. The summed E-state index contributed by atoms with van der Waals surface area (Å²) in [6.07, 6.45) is 8.26. The Kier molecular flexibility index (Phi) is 2.71. The van der Waals surface area contributed by atoms with Gasteiger partial charge in [-0.05, 0) is 12.2 Å². The third-order valence-electron chi connectivity index (χ3n) is 2.13. The van der Waals surface area contributed by atoms with E-state index in [1.807, 2.05) is 12.2 Å². The van der Waals surface area contributed by atoms with Crippen molar-refractivity contribution >= 4 is 0 Å². The molecule has 0 fully saturated rings. The molecule has 2 heteroatoms. The van der Waals surface area contributed by atoms with Crippen molar-refractivity contribution in [3.05, 3.63) is 37.7 Å². The van der Waals surface area contributed by atoms with E-state index in [1.54, 1.807) is 0 Å². The molecule has 0 aromatic heterocycles. The SMILES string of the molecule is C=CC[N+]1(CC=C)C=CN(C)C1. The van der Waals surface area contributed by atoms with E-state index in [0.29, 0.717) is 0 Å². The van der Waals surface area contributed by atoms with Crippen LogP contribution < -0.4 is 0 Å². The highest BCUT2D eigenvalue weighted by atomic mass is 15.5. The largest absolute Gasteiger partial charge is 0.329 e. The summed E-state index contributed by atoms with van der Waals surface area (Å²) in [5, 5.41) is 0. The zero-order valence-electron chi connectivity index (χ0n) is 7.74.